The number of rotatable bonds is 1. The molecule has 0 heterocycles. The minimum absolute atomic E-state index is 0.109. The van der Waals surface area contributed by atoms with Crippen LogP contribution in [0, 0.1) is 0 Å². The standard InChI is InChI=1S/C14H14Cl2O3/c1-13(2,3)19-12(18)14(16)7-8-6-9(15)4-5-10(8)11(14)17/h4-6H,7H2,1-3H3/t14-/m1/s1. The molecule has 1 aromatic rings. The van der Waals surface area contributed by atoms with Crippen molar-refractivity contribution in [3.63, 3.8) is 0 Å². The lowest BCUT2D eigenvalue weighted by Crippen LogP contribution is -2.43. The van der Waals surface area contributed by atoms with E-state index in [0.29, 0.717) is 16.1 Å². The van der Waals surface area contributed by atoms with Crippen LogP contribution in [0.3, 0.4) is 0 Å². The van der Waals surface area contributed by atoms with Crippen molar-refractivity contribution in [1.29, 1.82) is 0 Å². The van der Waals surface area contributed by atoms with Crippen LogP contribution in [-0.2, 0) is 16.0 Å². The van der Waals surface area contributed by atoms with Crippen LogP contribution in [-0.4, -0.2) is 22.2 Å². The van der Waals surface area contributed by atoms with E-state index >= 15 is 0 Å². The number of carbonyl (C=O) groups excluding carboxylic acids is 2. The predicted octanol–water partition coefficient (Wildman–Crippen LogP) is 3.40. The molecule has 1 aliphatic carbocycles. The Morgan fingerprint density at radius 1 is 1.37 bits per heavy atom. The van der Waals surface area contributed by atoms with E-state index in [-0.39, 0.29) is 6.42 Å². The van der Waals surface area contributed by atoms with E-state index in [2.05, 4.69) is 0 Å². The summed E-state index contributed by atoms with van der Waals surface area (Å²) in [6.45, 7) is 5.19. The van der Waals surface area contributed by atoms with Gasteiger partial charge in [0.2, 0.25) is 4.87 Å². The van der Waals surface area contributed by atoms with Gasteiger partial charge in [0.25, 0.3) is 0 Å². The Morgan fingerprint density at radius 3 is 2.58 bits per heavy atom. The highest BCUT2D eigenvalue weighted by Crippen LogP contribution is 2.38. The maximum absolute atomic E-state index is 12.3. The van der Waals surface area contributed by atoms with Gasteiger partial charge in [0, 0.05) is 17.0 Å². The van der Waals surface area contributed by atoms with Crippen molar-refractivity contribution in [3.8, 4) is 0 Å². The molecule has 0 aromatic heterocycles. The first-order chi connectivity index (χ1) is 8.63. The second-order valence-corrected chi connectivity index (χ2v) is 6.69. The number of ether oxygens (including phenoxy) is 1. The van der Waals surface area contributed by atoms with E-state index in [1.54, 1.807) is 39.0 Å². The largest absolute Gasteiger partial charge is 0.458 e. The van der Waals surface area contributed by atoms with Crippen LogP contribution in [0.15, 0.2) is 18.2 Å². The number of esters is 1. The van der Waals surface area contributed by atoms with Crippen LogP contribution >= 0.6 is 23.2 Å². The molecule has 102 valence electrons. The van der Waals surface area contributed by atoms with E-state index in [0.717, 1.165) is 0 Å². The van der Waals surface area contributed by atoms with Gasteiger partial charge in [0.1, 0.15) is 5.60 Å². The molecule has 3 nitrogen and oxygen atoms in total. The highest BCUT2D eigenvalue weighted by atomic mass is 35.5. The zero-order valence-corrected chi connectivity index (χ0v) is 12.4. The van der Waals surface area contributed by atoms with E-state index in [4.69, 9.17) is 27.9 Å². The zero-order chi connectivity index (χ0) is 14.4. The van der Waals surface area contributed by atoms with Crippen LogP contribution in [0.1, 0.15) is 36.7 Å². The van der Waals surface area contributed by atoms with Gasteiger partial charge >= 0.3 is 5.97 Å². The van der Waals surface area contributed by atoms with Crippen LogP contribution in [0.25, 0.3) is 0 Å². The van der Waals surface area contributed by atoms with Gasteiger partial charge < -0.3 is 4.74 Å². The predicted molar refractivity (Wildman–Crippen MR) is 73.9 cm³/mol. The normalized spacial score (nSPS) is 22.3. The molecule has 0 radical (unpaired) electrons. The van der Waals surface area contributed by atoms with Crippen LogP contribution in [0.4, 0.5) is 0 Å². The van der Waals surface area contributed by atoms with Crippen molar-refractivity contribution in [2.24, 2.45) is 0 Å². The molecule has 0 saturated heterocycles. The average Bonchev–Trinajstić information content (AvgIpc) is 2.49. The molecule has 1 aromatic carbocycles. The second kappa shape index (κ2) is 4.50. The summed E-state index contributed by atoms with van der Waals surface area (Å²) in [5.41, 5.74) is 0.426. The summed E-state index contributed by atoms with van der Waals surface area (Å²) in [5.74, 6) is -1.13. The van der Waals surface area contributed by atoms with Crippen molar-refractivity contribution in [1.82, 2.24) is 0 Å². The van der Waals surface area contributed by atoms with Crippen molar-refractivity contribution >= 4 is 35.0 Å². The number of hydrogen-bond donors (Lipinski definition) is 0. The van der Waals surface area contributed by atoms with Crippen molar-refractivity contribution in [2.75, 3.05) is 0 Å². The minimum Gasteiger partial charge on any atom is -0.458 e. The Labute approximate surface area is 121 Å². The first kappa shape index (κ1) is 14.4. The van der Waals surface area contributed by atoms with Gasteiger partial charge in [-0.05, 0) is 44.5 Å². The Hall–Kier alpha value is -1.06. The third kappa shape index (κ3) is 2.63. The highest BCUT2D eigenvalue weighted by Gasteiger charge is 2.52. The third-order valence-corrected chi connectivity index (χ3v) is 3.52. The number of hydrogen-bond acceptors (Lipinski definition) is 3. The monoisotopic (exact) mass is 300 g/mol. The molecule has 2 rings (SSSR count). The summed E-state index contributed by atoms with van der Waals surface area (Å²) >= 11 is 12.1. The molecule has 0 N–H and O–H groups in total. The first-order valence-electron chi connectivity index (χ1n) is 5.89. The summed E-state index contributed by atoms with van der Waals surface area (Å²) < 4.78 is 5.23. The molecule has 0 spiro atoms. The van der Waals surface area contributed by atoms with Crippen molar-refractivity contribution < 1.29 is 14.3 Å². The second-order valence-electron chi connectivity index (χ2n) is 5.61. The van der Waals surface area contributed by atoms with E-state index in [1.807, 2.05) is 0 Å². The number of alkyl halides is 1. The average molecular weight is 301 g/mol. The first-order valence-corrected chi connectivity index (χ1v) is 6.65. The Bertz CT molecular complexity index is 560. The maximum Gasteiger partial charge on any atom is 0.336 e. The lowest BCUT2D eigenvalue weighted by atomic mass is 10.0. The third-order valence-electron chi connectivity index (χ3n) is 2.83. The zero-order valence-electron chi connectivity index (χ0n) is 10.9. The van der Waals surface area contributed by atoms with Gasteiger partial charge in [-0.15, -0.1) is 0 Å². The molecule has 0 bridgehead atoms. The Balaban J connectivity index is 2.34. The van der Waals surface area contributed by atoms with Crippen molar-refractivity contribution in [2.45, 2.75) is 37.7 Å². The number of benzene rings is 1. The summed E-state index contributed by atoms with van der Waals surface area (Å²) in [6.07, 6.45) is 0.109. The van der Waals surface area contributed by atoms with Gasteiger partial charge in [-0.1, -0.05) is 23.2 Å². The summed E-state index contributed by atoms with van der Waals surface area (Å²) in [7, 11) is 0. The quantitative estimate of drug-likeness (QED) is 0.453. The summed E-state index contributed by atoms with van der Waals surface area (Å²) in [5, 5.41) is 0.511. The highest BCUT2D eigenvalue weighted by molar-refractivity contribution is 6.49. The number of halogens is 2. The van der Waals surface area contributed by atoms with E-state index in [9.17, 15) is 9.59 Å². The van der Waals surface area contributed by atoms with E-state index < -0.39 is 22.2 Å². The fourth-order valence-corrected chi connectivity index (χ4v) is 2.49. The smallest absolute Gasteiger partial charge is 0.336 e. The molecule has 5 heteroatoms. The van der Waals surface area contributed by atoms with Gasteiger partial charge in [0.05, 0.1) is 0 Å². The lowest BCUT2D eigenvalue weighted by Gasteiger charge is -2.25. The van der Waals surface area contributed by atoms with Crippen LogP contribution in [0.5, 0.6) is 0 Å². The Kier molecular flexibility index (Phi) is 3.40. The molecule has 0 unspecified atom stereocenters. The molecule has 1 atom stereocenters. The molecule has 19 heavy (non-hydrogen) atoms. The number of carbonyl (C=O) groups is 2. The molecule has 1 aliphatic rings. The Morgan fingerprint density at radius 2 is 2.00 bits per heavy atom. The molecule has 0 aliphatic heterocycles. The van der Waals surface area contributed by atoms with Crippen LogP contribution in [0.2, 0.25) is 5.02 Å². The maximum atomic E-state index is 12.3. The fourth-order valence-electron chi connectivity index (χ4n) is 2.01. The van der Waals surface area contributed by atoms with Gasteiger partial charge in [-0.25, -0.2) is 4.79 Å². The van der Waals surface area contributed by atoms with Gasteiger partial charge in [-0.2, -0.15) is 0 Å². The SMILES string of the molecule is CC(C)(C)OC(=O)[C@@]1(Cl)Cc2cc(Cl)ccc2C1=O. The molecule has 0 fully saturated rings. The topological polar surface area (TPSA) is 43.4 Å². The molecular weight excluding hydrogens is 287 g/mol. The number of ketones is 1. The number of Topliss-reactive ketones (excluding diaryl/α,β-unsaturated/α-hetero) is 1. The summed E-state index contributed by atoms with van der Waals surface area (Å²) in [6, 6.07) is 4.85. The minimum atomic E-state index is -1.67. The van der Waals surface area contributed by atoms with E-state index in [1.165, 1.54) is 0 Å². The summed E-state index contributed by atoms with van der Waals surface area (Å²) in [4.78, 5) is 22.8. The fraction of sp³-hybridized carbons (Fsp3) is 0.429. The van der Waals surface area contributed by atoms with Crippen LogP contribution < -0.4 is 0 Å². The molecule has 0 amide bonds. The number of fused-ring (bicyclic) bond motifs is 1. The lowest BCUT2D eigenvalue weighted by molar-refractivity contribution is -0.156. The molecule has 0 saturated carbocycles. The van der Waals surface area contributed by atoms with Crippen molar-refractivity contribution in [3.05, 3.63) is 34.3 Å². The van der Waals surface area contributed by atoms with Gasteiger partial charge in [0.15, 0.2) is 5.78 Å². The molecular formula is C14H14Cl2O3. The van der Waals surface area contributed by atoms with Gasteiger partial charge in [-0.3, -0.25) is 4.79 Å².